The smallest absolute Gasteiger partial charge is 0.120 e. The summed E-state index contributed by atoms with van der Waals surface area (Å²) in [5, 5.41) is 4.92. The molecule has 0 aliphatic heterocycles. The van der Waals surface area contributed by atoms with Crippen molar-refractivity contribution >= 4 is 51.5 Å². The number of nitrogens with one attached hydrogen (secondary N) is 1. The van der Waals surface area contributed by atoms with E-state index < -0.39 is 0 Å². The lowest BCUT2D eigenvalue weighted by atomic mass is 10.2. The lowest BCUT2D eigenvalue weighted by Gasteiger charge is -2.13. The second-order valence-electron chi connectivity index (χ2n) is 4.37. The van der Waals surface area contributed by atoms with Crippen LogP contribution in [0.15, 0.2) is 69.7 Å². The van der Waals surface area contributed by atoms with E-state index in [-0.39, 0.29) is 0 Å². The minimum absolute atomic E-state index is 0.722. The summed E-state index contributed by atoms with van der Waals surface area (Å²) in [7, 11) is 0. The highest BCUT2D eigenvalue weighted by atomic mass is 79.9. The van der Waals surface area contributed by atoms with Crippen molar-refractivity contribution < 1.29 is 0 Å². The highest BCUT2D eigenvalue weighted by molar-refractivity contribution is 9.10. The zero-order valence-corrected chi connectivity index (χ0v) is 15.1. The molecule has 2 aromatic carbocycles. The second-order valence-corrected chi connectivity index (χ2v) is 6.52. The van der Waals surface area contributed by atoms with E-state index in [4.69, 9.17) is 11.6 Å². The molecule has 0 bridgehead atoms. The lowest BCUT2D eigenvalue weighted by molar-refractivity contribution is 1.10. The first-order chi connectivity index (χ1) is 10.6. The van der Waals surface area contributed by atoms with Crippen LogP contribution in [-0.4, -0.2) is 6.34 Å². The van der Waals surface area contributed by atoms with Crippen LogP contribution in [-0.2, 0) is 0 Å². The number of para-hydroxylation sites is 1. The Morgan fingerprint density at radius 3 is 2.73 bits per heavy atom. The zero-order valence-electron chi connectivity index (χ0n) is 12.0. The van der Waals surface area contributed by atoms with E-state index in [2.05, 4.69) is 32.4 Å². The summed E-state index contributed by atoms with van der Waals surface area (Å²) in [5.74, 6) is 0. The van der Waals surface area contributed by atoms with E-state index in [1.54, 1.807) is 12.5 Å². The Labute approximate surface area is 148 Å². The summed E-state index contributed by atoms with van der Waals surface area (Å²) >= 11 is 11.0. The van der Waals surface area contributed by atoms with Crippen molar-refractivity contribution in [3.05, 3.63) is 70.3 Å². The molecule has 0 atom stereocenters. The van der Waals surface area contributed by atoms with Crippen LogP contribution in [0.5, 0.6) is 0 Å². The molecule has 2 aromatic rings. The van der Waals surface area contributed by atoms with Gasteiger partial charge >= 0.3 is 0 Å². The van der Waals surface area contributed by atoms with Crippen LogP contribution in [0.3, 0.4) is 0 Å². The molecule has 0 saturated heterocycles. The van der Waals surface area contributed by atoms with Crippen LogP contribution in [0.4, 0.5) is 5.69 Å². The molecule has 0 saturated carbocycles. The molecular weight excluding hydrogens is 382 g/mol. The van der Waals surface area contributed by atoms with Gasteiger partial charge in [0.15, 0.2) is 0 Å². The summed E-state index contributed by atoms with van der Waals surface area (Å²) in [4.78, 5) is 5.79. The molecule has 0 spiro atoms. The predicted octanol–water partition coefficient (Wildman–Crippen LogP) is 5.60. The van der Waals surface area contributed by atoms with Gasteiger partial charge in [0.25, 0.3) is 0 Å². The number of hydrogen-bond donors (Lipinski definition) is 1. The summed E-state index contributed by atoms with van der Waals surface area (Å²) < 4.78 is 0.938. The maximum absolute atomic E-state index is 6.15. The molecule has 1 N–H and O–H groups in total. The Morgan fingerprint density at radius 2 is 2.05 bits per heavy atom. The Hall–Kier alpha value is -1.43. The van der Waals surface area contributed by atoms with E-state index in [0.717, 1.165) is 25.6 Å². The first kappa shape index (κ1) is 16.9. The highest BCUT2D eigenvalue weighted by Crippen LogP contribution is 2.30. The molecule has 3 nitrogen and oxygen atoms in total. The zero-order chi connectivity index (χ0) is 15.9. The number of nitrogens with zero attached hydrogens (tertiary/aromatic N) is 2. The Morgan fingerprint density at radius 1 is 1.32 bits per heavy atom. The van der Waals surface area contributed by atoms with Gasteiger partial charge in [0.05, 0.1) is 0 Å². The van der Waals surface area contributed by atoms with E-state index in [0.29, 0.717) is 0 Å². The molecule has 22 heavy (non-hydrogen) atoms. The van der Waals surface area contributed by atoms with Crippen molar-refractivity contribution in [2.24, 2.45) is 5.10 Å². The monoisotopic (exact) mass is 395 g/mol. The van der Waals surface area contributed by atoms with Crippen molar-refractivity contribution in [1.82, 2.24) is 4.83 Å². The van der Waals surface area contributed by atoms with Gasteiger partial charge in [-0.2, -0.15) is 5.10 Å². The average molecular weight is 397 g/mol. The highest BCUT2D eigenvalue weighted by Gasteiger charge is 2.05. The quantitative estimate of drug-likeness (QED) is 0.298. The maximum atomic E-state index is 6.15. The largest absolute Gasteiger partial charge is 0.307 e. The maximum Gasteiger partial charge on any atom is 0.120 e. The molecule has 0 fully saturated rings. The molecule has 6 heteroatoms. The summed E-state index contributed by atoms with van der Waals surface area (Å²) in [6.45, 7) is 5.76. The Balaban J connectivity index is 2.00. The van der Waals surface area contributed by atoms with Gasteiger partial charge in [0, 0.05) is 38.2 Å². The fraction of sp³-hybridized carbons (Fsp3) is 0.0625. The molecule has 0 unspecified atom stereocenters. The van der Waals surface area contributed by atoms with Gasteiger partial charge in [-0.3, -0.25) is 0 Å². The van der Waals surface area contributed by atoms with Crippen molar-refractivity contribution in [3.63, 3.8) is 0 Å². The molecule has 114 valence electrons. The van der Waals surface area contributed by atoms with Gasteiger partial charge in [-0.15, -0.1) is 0 Å². The van der Waals surface area contributed by atoms with E-state index in [1.807, 2.05) is 54.3 Å². The van der Waals surface area contributed by atoms with E-state index in [9.17, 15) is 0 Å². The van der Waals surface area contributed by atoms with Crippen LogP contribution in [0.1, 0.15) is 5.56 Å². The van der Waals surface area contributed by atoms with Crippen LogP contribution < -0.4 is 9.73 Å². The third-order valence-electron chi connectivity index (χ3n) is 2.90. The lowest BCUT2D eigenvalue weighted by Crippen LogP contribution is -2.14. The second kappa shape index (κ2) is 8.27. The summed E-state index contributed by atoms with van der Waals surface area (Å²) in [5.41, 5.74) is 2.01. The van der Waals surface area contributed by atoms with Crippen molar-refractivity contribution in [1.29, 1.82) is 0 Å². The fourth-order valence-electron chi connectivity index (χ4n) is 1.71. The number of rotatable bonds is 6. The molecule has 0 aliphatic carbocycles. The van der Waals surface area contributed by atoms with Crippen molar-refractivity contribution in [2.75, 3.05) is 4.90 Å². The topological polar surface area (TPSA) is 27.6 Å². The summed E-state index contributed by atoms with van der Waals surface area (Å²) in [6, 6.07) is 13.7. The van der Waals surface area contributed by atoms with Crippen LogP contribution >= 0.6 is 39.5 Å². The van der Waals surface area contributed by atoms with Crippen LogP contribution in [0, 0.1) is 6.92 Å². The number of hydrogen-bond acceptors (Lipinski definition) is 3. The SMILES string of the molecule is C=CN(/C=N\NSc1cc(Br)cc(Cl)c1C)c1ccccc1. The van der Waals surface area contributed by atoms with E-state index >= 15 is 0 Å². The molecule has 0 radical (unpaired) electrons. The van der Waals surface area contributed by atoms with E-state index in [1.165, 1.54) is 11.9 Å². The van der Waals surface area contributed by atoms with Gasteiger partial charge in [-0.25, -0.2) is 4.83 Å². The van der Waals surface area contributed by atoms with Gasteiger partial charge in [-0.05, 0) is 36.8 Å². The first-order valence-electron chi connectivity index (χ1n) is 6.48. The molecule has 0 aliphatic rings. The molecule has 0 heterocycles. The minimum Gasteiger partial charge on any atom is -0.307 e. The molecule has 0 amide bonds. The average Bonchev–Trinajstić information content (AvgIpc) is 2.52. The van der Waals surface area contributed by atoms with Gasteiger partial charge in [0.1, 0.15) is 6.34 Å². The third-order valence-corrected chi connectivity index (χ3v) is 4.59. The van der Waals surface area contributed by atoms with Gasteiger partial charge in [-0.1, -0.05) is 52.3 Å². The normalized spacial score (nSPS) is 10.7. The van der Waals surface area contributed by atoms with Crippen LogP contribution in [0.25, 0.3) is 0 Å². The van der Waals surface area contributed by atoms with Gasteiger partial charge in [0.2, 0.25) is 0 Å². The standard InChI is InChI=1S/C16H15BrClN3S/c1-3-21(14-7-5-4-6-8-14)11-19-20-22-16-10-13(17)9-15(18)12(16)2/h3-11,20H,1H2,2H3/b19-11-. The Bertz CT molecular complexity index is 677. The fourth-order valence-corrected chi connectivity index (χ4v) is 3.37. The predicted molar refractivity (Wildman–Crippen MR) is 100 cm³/mol. The molecule has 2 rings (SSSR count). The Kier molecular flexibility index (Phi) is 6.36. The molecule has 0 aromatic heterocycles. The molecular formula is C16H15BrClN3S. The van der Waals surface area contributed by atoms with Crippen molar-refractivity contribution in [3.8, 4) is 0 Å². The number of anilines is 1. The number of benzene rings is 2. The summed E-state index contributed by atoms with van der Waals surface area (Å²) in [6.07, 6.45) is 3.37. The first-order valence-corrected chi connectivity index (χ1v) is 8.47. The minimum atomic E-state index is 0.722. The number of halogens is 2. The third kappa shape index (κ3) is 4.53. The van der Waals surface area contributed by atoms with Gasteiger partial charge < -0.3 is 4.90 Å². The van der Waals surface area contributed by atoms with Crippen molar-refractivity contribution in [2.45, 2.75) is 11.8 Å². The van der Waals surface area contributed by atoms with Crippen LogP contribution in [0.2, 0.25) is 5.02 Å². The number of hydrazone groups is 1.